The van der Waals surface area contributed by atoms with Crippen molar-refractivity contribution in [3.8, 4) is 0 Å². The van der Waals surface area contributed by atoms with E-state index >= 15 is 0 Å². The molecule has 1 amide bonds. The van der Waals surface area contributed by atoms with Crippen LogP contribution in [0.25, 0.3) is 0 Å². The summed E-state index contributed by atoms with van der Waals surface area (Å²) >= 11 is 0. The van der Waals surface area contributed by atoms with Crippen molar-refractivity contribution in [2.24, 2.45) is 0 Å². The summed E-state index contributed by atoms with van der Waals surface area (Å²) in [6.07, 6.45) is 8.84. The normalized spacial score (nSPS) is 17.9. The van der Waals surface area contributed by atoms with Crippen LogP contribution in [0, 0.1) is 6.92 Å². The average Bonchev–Trinajstić information content (AvgIpc) is 3.02. The Labute approximate surface area is 138 Å². The highest BCUT2D eigenvalue weighted by atomic mass is 16.2. The number of hydrogen-bond acceptors (Lipinski definition) is 4. The molecule has 0 radical (unpaired) electrons. The molecule has 1 aliphatic rings. The molecule has 1 saturated heterocycles. The van der Waals surface area contributed by atoms with Crippen LogP contribution in [0.3, 0.4) is 0 Å². The van der Waals surface area contributed by atoms with Gasteiger partial charge in [0.1, 0.15) is 0 Å². The van der Waals surface area contributed by atoms with Crippen molar-refractivity contribution in [2.45, 2.75) is 38.8 Å². The number of carbonyl (C=O) groups is 1. The highest BCUT2D eigenvalue weighted by Crippen LogP contribution is 2.21. The van der Waals surface area contributed by atoms with Crippen LogP contribution in [0.5, 0.6) is 0 Å². The molecule has 1 fully saturated rings. The maximum Gasteiger partial charge on any atom is 0.316 e. The number of aryl methyl sites for hydroxylation is 2. The zero-order valence-electron chi connectivity index (χ0n) is 13.6. The summed E-state index contributed by atoms with van der Waals surface area (Å²) in [5.41, 5.74) is -0.196. The molecular formula is C16H21N5O3. The lowest BCUT2D eigenvalue weighted by Crippen LogP contribution is -2.42. The van der Waals surface area contributed by atoms with Crippen molar-refractivity contribution in [3.63, 3.8) is 0 Å². The second-order valence-corrected chi connectivity index (χ2v) is 6.17. The molecule has 1 unspecified atom stereocenters. The van der Waals surface area contributed by atoms with Gasteiger partial charge in [0, 0.05) is 44.6 Å². The van der Waals surface area contributed by atoms with E-state index in [1.165, 1.54) is 17.0 Å². The lowest BCUT2D eigenvalue weighted by Gasteiger charge is -2.33. The quantitative estimate of drug-likeness (QED) is 0.815. The Balaban J connectivity index is 1.61. The minimum absolute atomic E-state index is 0.00393. The highest BCUT2D eigenvalue weighted by Gasteiger charge is 2.25. The Morgan fingerprint density at radius 2 is 2.25 bits per heavy atom. The first kappa shape index (κ1) is 16.2. The average molecular weight is 331 g/mol. The lowest BCUT2D eigenvalue weighted by molar-refractivity contribution is -0.133. The van der Waals surface area contributed by atoms with Crippen LogP contribution >= 0.6 is 0 Å². The van der Waals surface area contributed by atoms with E-state index in [1.807, 2.05) is 28.9 Å². The molecule has 0 saturated carbocycles. The fourth-order valence-electron chi connectivity index (χ4n) is 3.04. The van der Waals surface area contributed by atoms with Crippen LogP contribution in [0.15, 0.2) is 34.4 Å². The molecule has 8 nitrogen and oxygen atoms in total. The third-order valence-electron chi connectivity index (χ3n) is 4.34. The zero-order valence-corrected chi connectivity index (χ0v) is 13.6. The number of amides is 1. The smallest absolute Gasteiger partial charge is 0.316 e. The third-order valence-corrected chi connectivity index (χ3v) is 4.34. The highest BCUT2D eigenvalue weighted by molar-refractivity contribution is 5.76. The Morgan fingerprint density at radius 3 is 3.00 bits per heavy atom. The monoisotopic (exact) mass is 331 g/mol. The second kappa shape index (κ2) is 6.86. The number of rotatable bonds is 4. The topological polar surface area (TPSA) is 93.0 Å². The Hall–Kier alpha value is -2.64. The number of H-pyrrole nitrogens is 1. The number of aromatic nitrogens is 4. The summed E-state index contributed by atoms with van der Waals surface area (Å²) < 4.78 is 3.20. The molecule has 3 heterocycles. The van der Waals surface area contributed by atoms with Crippen LogP contribution in [0.1, 0.15) is 30.9 Å². The molecule has 3 rings (SSSR count). The number of nitrogens with zero attached hydrogens (tertiary/aromatic N) is 4. The first-order valence-corrected chi connectivity index (χ1v) is 8.11. The number of aromatic amines is 1. The molecule has 0 aromatic carbocycles. The molecule has 0 aliphatic carbocycles. The lowest BCUT2D eigenvalue weighted by atomic mass is 10.1. The molecule has 2 aromatic rings. The maximum atomic E-state index is 12.4. The van der Waals surface area contributed by atoms with E-state index in [1.54, 1.807) is 0 Å². The number of carbonyl (C=O) groups excluding carboxylic acids is 1. The van der Waals surface area contributed by atoms with Gasteiger partial charge in [0.2, 0.25) is 5.91 Å². The molecule has 24 heavy (non-hydrogen) atoms. The van der Waals surface area contributed by atoms with E-state index in [0.717, 1.165) is 24.9 Å². The van der Waals surface area contributed by atoms with Gasteiger partial charge in [-0.05, 0) is 25.3 Å². The van der Waals surface area contributed by atoms with Gasteiger partial charge < -0.3 is 14.5 Å². The summed E-state index contributed by atoms with van der Waals surface area (Å²) in [7, 11) is 0. The van der Waals surface area contributed by atoms with Gasteiger partial charge in [-0.25, -0.2) is 0 Å². The molecule has 8 heteroatoms. The Morgan fingerprint density at radius 1 is 1.42 bits per heavy atom. The van der Waals surface area contributed by atoms with Crippen molar-refractivity contribution < 1.29 is 4.79 Å². The molecule has 1 aliphatic heterocycles. The first-order valence-electron chi connectivity index (χ1n) is 8.11. The molecule has 128 valence electrons. The van der Waals surface area contributed by atoms with Gasteiger partial charge in [0.25, 0.3) is 0 Å². The van der Waals surface area contributed by atoms with E-state index in [0.29, 0.717) is 6.54 Å². The molecule has 0 spiro atoms. The third kappa shape index (κ3) is 3.47. The second-order valence-electron chi connectivity index (χ2n) is 6.17. The fourth-order valence-corrected chi connectivity index (χ4v) is 3.04. The fraction of sp³-hybridized carbons (Fsp3) is 0.500. The predicted octanol–water partition coefficient (Wildman–Crippen LogP) is 0.295. The van der Waals surface area contributed by atoms with E-state index in [-0.39, 0.29) is 24.9 Å². The van der Waals surface area contributed by atoms with Crippen molar-refractivity contribution >= 4 is 5.91 Å². The van der Waals surface area contributed by atoms with Crippen LogP contribution in [0.2, 0.25) is 0 Å². The zero-order chi connectivity index (χ0) is 17.1. The van der Waals surface area contributed by atoms with Crippen molar-refractivity contribution in [3.05, 3.63) is 51.1 Å². The summed E-state index contributed by atoms with van der Waals surface area (Å²) in [6, 6.07) is 0.193. The molecule has 0 bridgehead atoms. The first-order chi connectivity index (χ1) is 11.5. The van der Waals surface area contributed by atoms with Gasteiger partial charge in [0.05, 0.1) is 12.2 Å². The maximum absolute atomic E-state index is 12.4. The van der Waals surface area contributed by atoms with Gasteiger partial charge >= 0.3 is 11.1 Å². The van der Waals surface area contributed by atoms with E-state index in [4.69, 9.17) is 0 Å². The van der Waals surface area contributed by atoms with Crippen molar-refractivity contribution in [2.75, 3.05) is 13.1 Å². The predicted molar refractivity (Wildman–Crippen MR) is 87.8 cm³/mol. The Bertz CT molecular complexity index is 834. The number of likely N-dealkylation sites (tertiary alicyclic amines) is 1. The van der Waals surface area contributed by atoms with Gasteiger partial charge in [-0.15, -0.1) is 0 Å². The summed E-state index contributed by atoms with van der Waals surface area (Å²) in [5, 5.41) is 4.34. The van der Waals surface area contributed by atoms with Crippen molar-refractivity contribution in [1.29, 1.82) is 0 Å². The van der Waals surface area contributed by atoms with E-state index < -0.39 is 11.1 Å². The SMILES string of the molecule is Cc1cnn(C2CCCN(C(=O)CCn3cc[nH]c(=O)c3=O)C2)c1. The van der Waals surface area contributed by atoms with Crippen LogP contribution < -0.4 is 11.1 Å². The molecule has 1 N–H and O–H groups in total. The number of nitrogens with one attached hydrogen (secondary N) is 1. The largest absolute Gasteiger partial charge is 0.340 e. The van der Waals surface area contributed by atoms with Gasteiger partial charge in [-0.1, -0.05) is 0 Å². The standard InChI is InChI=1S/C16H21N5O3/c1-12-9-18-21(10-12)13-3-2-6-20(11-13)14(22)4-7-19-8-5-17-15(23)16(19)24/h5,8-10,13H,2-4,6-7,11H2,1H3,(H,17,23). The molecular weight excluding hydrogens is 310 g/mol. The van der Waals surface area contributed by atoms with Gasteiger partial charge in [-0.3, -0.25) is 19.1 Å². The van der Waals surface area contributed by atoms with E-state index in [2.05, 4.69) is 10.1 Å². The van der Waals surface area contributed by atoms with Crippen LogP contribution in [-0.4, -0.2) is 43.2 Å². The Kier molecular flexibility index (Phi) is 4.64. The van der Waals surface area contributed by atoms with Gasteiger partial charge in [-0.2, -0.15) is 5.10 Å². The molecule has 2 aromatic heterocycles. The van der Waals surface area contributed by atoms with Crippen LogP contribution in [-0.2, 0) is 11.3 Å². The number of piperidine rings is 1. The summed E-state index contributed by atoms with van der Waals surface area (Å²) in [5.74, 6) is -0.00393. The molecule has 1 atom stereocenters. The minimum Gasteiger partial charge on any atom is -0.340 e. The summed E-state index contributed by atoms with van der Waals surface area (Å²) in [4.78, 5) is 39.6. The van der Waals surface area contributed by atoms with Crippen LogP contribution in [0.4, 0.5) is 0 Å². The number of hydrogen-bond donors (Lipinski definition) is 1. The van der Waals surface area contributed by atoms with Gasteiger partial charge in [0.15, 0.2) is 0 Å². The summed E-state index contributed by atoms with van der Waals surface area (Å²) in [6.45, 7) is 3.56. The minimum atomic E-state index is -0.669. The van der Waals surface area contributed by atoms with E-state index in [9.17, 15) is 14.4 Å². The van der Waals surface area contributed by atoms with Crippen molar-refractivity contribution in [1.82, 2.24) is 24.2 Å².